The third-order valence-electron chi connectivity index (χ3n) is 9.32. The third-order valence-corrected chi connectivity index (χ3v) is 9.69. The van der Waals surface area contributed by atoms with E-state index in [2.05, 4.69) is 0 Å². The highest BCUT2D eigenvalue weighted by atomic mass is 35.5. The normalized spacial score (nSPS) is 23.8. The lowest BCUT2D eigenvalue weighted by atomic mass is 9.80. The van der Waals surface area contributed by atoms with Gasteiger partial charge in [-0.25, -0.2) is 4.39 Å². The molecule has 5 aromatic rings. The van der Waals surface area contributed by atoms with Crippen LogP contribution in [0.5, 0.6) is 5.75 Å². The van der Waals surface area contributed by atoms with Crippen LogP contribution in [0.1, 0.15) is 37.5 Å². The van der Waals surface area contributed by atoms with Gasteiger partial charge >= 0.3 is 0 Å². The highest BCUT2D eigenvalue weighted by Crippen LogP contribution is 2.48. The van der Waals surface area contributed by atoms with E-state index in [1.54, 1.807) is 18.2 Å². The van der Waals surface area contributed by atoms with Crippen LogP contribution in [-0.2, 0) is 60.5 Å². The Morgan fingerprint density at radius 2 is 1.38 bits per heavy atom. The van der Waals surface area contributed by atoms with Crippen molar-refractivity contribution in [1.29, 1.82) is 0 Å². The Morgan fingerprint density at radius 1 is 0.792 bits per heavy atom. The van der Waals surface area contributed by atoms with Crippen LogP contribution >= 0.6 is 11.6 Å². The van der Waals surface area contributed by atoms with Crippen molar-refractivity contribution in [1.82, 2.24) is 0 Å². The molecule has 0 aliphatic carbocycles. The Hall–Kier alpha value is -4.45. The van der Waals surface area contributed by atoms with Crippen LogP contribution in [-0.4, -0.2) is 56.1 Å². The first-order chi connectivity index (χ1) is 27.0. The number of carbonyl (C=O) groups excluding carboxylic acids is 1. The summed E-state index contributed by atoms with van der Waals surface area (Å²) in [5, 5.41) is 11.4. The van der Waals surface area contributed by atoms with Gasteiger partial charge < -0.3 is 33.5 Å². The van der Waals surface area contributed by atoms with Gasteiger partial charge in [0.05, 0.1) is 37.6 Å². The van der Waals surface area contributed by atoms with Gasteiger partial charge in [-0.2, -0.15) is 0 Å². The van der Waals surface area contributed by atoms with Crippen LogP contribution < -0.4 is 4.74 Å². The highest BCUT2D eigenvalue weighted by Gasteiger charge is 2.64. The van der Waals surface area contributed by atoms with E-state index in [4.69, 9.17) is 44.1 Å². The van der Waals surface area contributed by atoms with Crippen molar-refractivity contribution in [2.45, 2.75) is 55.9 Å². The summed E-state index contributed by atoms with van der Waals surface area (Å²) >= 11 is 6.74. The fraction of sp³-hybridized carbons (Fsp3) is 0.279. The van der Waals surface area contributed by atoms with Crippen LogP contribution in [0.3, 0.4) is 0 Å². The van der Waals surface area contributed by atoms with Crippen LogP contribution in [0.15, 0.2) is 127 Å². The first kappa shape index (κ1) is 34.3. The molecule has 5 atom stereocenters. The molecule has 0 saturated carbocycles. The van der Waals surface area contributed by atoms with Gasteiger partial charge in [-0.05, 0) is 58.5 Å². The average Bonchev–Trinajstić information content (AvgIpc) is 3.21. The Bertz CT molecular complexity index is 2040. The van der Waals surface area contributed by atoms with E-state index >= 15 is 4.39 Å². The zero-order valence-electron chi connectivity index (χ0n) is 32.0. The lowest BCUT2D eigenvalue weighted by Gasteiger charge is -2.55. The minimum Gasteiger partial charge on any atom is -0.494 e. The van der Waals surface area contributed by atoms with Crippen molar-refractivity contribution in [2.24, 2.45) is 0 Å². The minimum absolute atomic E-state index is 0.0544. The van der Waals surface area contributed by atoms with Gasteiger partial charge in [0.1, 0.15) is 18.3 Å². The number of hydrogen-bond donors (Lipinski definition) is 1. The summed E-state index contributed by atoms with van der Waals surface area (Å²) in [7, 11) is -1.42. The van der Waals surface area contributed by atoms with Crippen LogP contribution in [0, 0.1) is 5.82 Å². The quantitative estimate of drug-likeness (QED) is 0.103. The fourth-order valence-corrected chi connectivity index (χ4v) is 6.77. The van der Waals surface area contributed by atoms with Crippen molar-refractivity contribution >= 4 is 17.9 Å². The number of aliphatic hydroxyl groups excluding tert-OH is 1. The number of methoxy groups -OCH3 is 2. The third kappa shape index (κ3) is 8.53. The van der Waals surface area contributed by atoms with Gasteiger partial charge in [-0.15, -0.1) is 0 Å². The van der Waals surface area contributed by atoms with E-state index in [-0.39, 0.29) is 26.2 Å². The molecule has 0 amide bonds. The monoisotopic (exact) mass is 743 g/mol. The molecule has 1 saturated heterocycles. The summed E-state index contributed by atoms with van der Waals surface area (Å²) < 4.78 is 74.9. The summed E-state index contributed by atoms with van der Waals surface area (Å²) in [6.45, 7) is -0.587. The van der Waals surface area contributed by atoms with Crippen molar-refractivity contribution < 1.29 is 46.8 Å². The predicted molar refractivity (Wildman–Crippen MR) is 198 cm³/mol. The molecular weight excluding hydrogens is 699 g/mol. The summed E-state index contributed by atoms with van der Waals surface area (Å²) in [6.07, 6.45) is -2.83. The molecule has 1 N–H and O–H groups in total. The number of halogens is 2. The van der Waals surface area contributed by atoms with Crippen molar-refractivity contribution in [2.75, 3.05) is 20.8 Å². The lowest BCUT2D eigenvalue weighted by molar-refractivity contribution is -0.401. The second-order valence-corrected chi connectivity index (χ2v) is 13.2. The number of aldehydes is 1. The molecule has 0 aromatic heterocycles. The van der Waals surface area contributed by atoms with Crippen LogP contribution in [0.4, 0.5) is 4.39 Å². The number of rotatable bonds is 16. The second-order valence-electron chi connectivity index (χ2n) is 12.8. The molecule has 8 nitrogen and oxygen atoms in total. The predicted octanol–water partition coefficient (Wildman–Crippen LogP) is 7.59. The molecule has 10 heteroatoms. The smallest absolute Gasteiger partial charge is 0.225 e. The zero-order chi connectivity index (χ0) is 39.8. The molecule has 276 valence electrons. The van der Waals surface area contributed by atoms with Crippen molar-refractivity contribution in [3.8, 4) is 5.75 Å². The summed E-state index contributed by atoms with van der Waals surface area (Å²) in [5.41, 5.74) is 1.79. The number of carbonyl (C=O) groups is 1. The molecule has 53 heavy (non-hydrogen) atoms. The molecule has 0 bridgehead atoms. The first-order valence-electron chi connectivity index (χ1n) is 18.5. The summed E-state index contributed by atoms with van der Waals surface area (Å²) in [6, 6.07) is 37.2. The fourth-order valence-electron chi connectivity index (χ4n) is 6.59. The van der Waals surface area contributed by atoms with E-state index in [1.165, 1.54) is 25.3 Å². The zero-order valence-corrected chi connectivity index (χ0v) is 29.8. The topological polar surface area (TPSA) is 92.7 Å². The van der Waals surface area contributed by atoms with E-state index < -0.39 is 54.9 Å². The maximum absolute atomic E-state index is 15.0. The number of ether oxygens (including phenoxy) is 6. The molecule has 0 unspecified atom stereocenters. The largest absolute Gasteiger partial charge is 0.494 e. The van der Waals surface area contributed by atoms with Crippen molar-refractivity contribution in [3.05, 3.63) is 172 Å². The summed E-state index contributed by atoms with van der Waals surface area (Å²) in [4.78, 5) is 13.4. The Morgan fingerprint density at radius 3 is 1.91 bits per heavy atom. The van der Waals surface area contributed by atoms with Crippen molar-refractivity contribution in [3.63, 3.8) is 0 Å². The minimum atomic E-state index is -2.83. The van der Waals surface area contributed by atoms with Gasteiger partial charge in [0, 0.05) is 17.7 Å². The molecule has 1 aliphatic rings. The SMILES string of the molecule is [2H]C([2H])([2H])Oc1ccc(Cc2cc([C@]3(OC)O[C@@](C=O)(CO)[C@@H](OCc4ccccc4)[C@H](OCc4ccccc4)[C@H]3OCc3ccccc3)ccc2Cl)cc1F. The van der Waals surface area contributed by atoms with Gasteiger partial charge in [0.2, 0.25) is 5.79 Å². The maximum Gasteiger partial charge on any atom is 0.225 e. The average molecular weight is 744 g/mol. The van der Waals surface area contributed by atoms with E-state index in [1.807, 2.05) is 91.0 Å². The Labute approximate surface area is 318 Å². The molecule has 1 fully saturated rings. The molecule has 0 spiro atoms. The van der Waals surface area contributed by atoms with E-state index in [9.17, 15) is 9.90 Å². The standard InChI is InChI=1S/C43H42ClFO8/c1-48-38-21-18-33(23-37(38)45)22-34-24-35(19-20-36(34)44)43(49-2)41(52-27-32-16-10-5-11-17-32)39(50-25-30-12-6-3-7-13-30)40(42(28-46,29-47)53-43)51-26-31-14-8-4-9-15-31/h3-21,23-24,28,39-41,47H,22,25-27,29H2,1-2H3/t39-,40-,41+,42-,43-/m0/s1/i1D3. The molecule has 0 radical (unpaired) electrons. The Balaban J connectivity index is 1.45. The highest BCUT2D eigenvalue weighted by molar-refractivity contribution is 6.31. The van der Waals surface area contributed by atoms with Gasteiger partial charge in [-0.3, -0.25) is 4.79 Å². The first-order valence-corrected chi connectivity index (χ1v) is 17.4. The van der Waals surface area contributed by atoms with Crippen LogP contribution in [0.2, 0.25) is 5.02 Å². The van der Waals surface area contributed by atoms with Gasteiger partial charge in [-0.1, -0.05) is 115 Å². The second kappa shape index (κ2) is 17.6. The molecule has 1 heterocycles. The Kier molecular flexibility index (Phi) is 11.4. The van der Waals surface area contributed by atoms with E-state index in [0.29, 0.717) is 28.0 Å². The molecule has 1 aliphatic heterocycles. The number of aliphatic hydroxyl groups is 1. The number of benzene rings is 5. The molecule has 5 aromatic carbocycles. The van der Waals surface area contributed by atoms with E-state index in [0.717, 1.165) is 16.7 Å². The molecular formula is C43H42ClFO8. The van der Waals surface area contributed by atoms with Gasteiger partial charge in [0.25, 0.3) is 0 Å². The lowest BCUT2D eigenvalue weighted by Crippen LogP contribution is -2.72. The van der Waals surface area contributed by atoms with Gasteiger partial charge in [0.15, 0.2) is 23.5 Å². The summed E-state index contributed by atoms with van der Waals surface area (Å²) in [5.74, 6) is -3.20. The maximum atomic E-state index is 15.0. The molecule has 6 rings (SSSR count). The number of hydrogen-bond acceptors (Lipinski definition) is 8. The van der Waals surface area contributed by atoms with Crippen LogP contribution in [0.25, 0.3) is 0 Å².